The van der Waals surface area contributed by atoms with Gasteiger partial charge in [-0.1, -0.05) is 36.4 Å². The van der Waals surface area contributed by atoms with Gasteiger partial charge in [0.1, 0.15) is 24.0 Å². The van der Waals surface area contributed by atoms with Gasteiger partial charge in [0, 0.05) is 13.0 Å². The first-order chi connectivity index (χ1) is 27.4. The molecule has 0 bridgehead atoms. The Balaban J connectivity index is 1.49. The van der Waals surface area contributed by atoms with Crippen LogP contribution in [0.25, 0.3) is 21.5 Å². The summed E-state index contributed by atoms with van der Waals surface area (Å²) < 4.78 is 39.8. The number of rotatable bonds is 13. The van der Waals surface area contributed by atoms with Crippen molar-refractivity contribution in [3.8, 4) is 28.7 Å². The number of nitrogens with zero attached hydrogens (tertiary/aromatic N) is 1. The lowest BCUT2D eigenvalue weighted by Gasteiger charge is -2.40. The molecule has 1 unspecified atom stereocenters. The summed E-state index contributed by atoms with van der Waals surface area (Å²) >= 11 is 0. The number of benzene rings is 5. The van der Waals surface area contributed by atoms with Gasteiger partial charge in [0.25, 0.3) is 0 Å². The molecule has 0 aliphatic carbocycles. The van der Waals surface area contributed by atoms with Gasteiger partial charge in [-0.3, -0.25) is 9.59 Å². The molecule has 12 nitrogen and oxygen atoms in total. The van der Waals surface area contributed by atoms with Gasteiger partial charge in [-0.2, -0.15) is 0 Å². The third kappa shape index (κ3) is 8.95. The minimum absolute atomic E-state index is 0.0308. The monoisotopic (exact) mass is 778 g/mol. The highest BCUT2D eigenvalue weighted by molar-refractivity contribution is 6.11. The molecule has 5 aromatic carbocycles. The van der Waals surface area contributed by atoms with Crippen LogP contribution in [-0.4, -0.2) is 76.6 Å². The van der Waals surface area contributed by atoms with Crippen molar-refractivity contribution in [2.24, 2.45) is 0 Å². The second kappa shape index (κ2) is 17.3. The van der Waals surface area contributed by atoms with Gasteiger partial charge < -0.3 is 43.4 Å². The number of hydrogen-bond donors (Lipinski definition) is 1. The Morgan fingerprint density at radius 3 is 2.04 bits per heavy atom. The largest absolute Gasteiger partial charge is 0.497 e. The van der Waals surface area contributed by atoms with E-state index in [0.717, 1.165) is 43.8 Å². The van der Waals surface area contributed by atoms with Crippen LogP contribution in [0.4, 0.5) is 4.79 Å². The number of hydrogen-bond acceptors (Lipinski definition) is 10. The SMILES string of the molecule is COc1ccc2cc(C3c4cc(OC)c(OC)cc4CCN3C(=O)[C@@H](CCC(=O)OCc3ccccc3)NC(=O)OC(C)(C)C)c3cc(OC)c(OC)cc3c2c1. The Hall–Kier alpha value is -6.17. The second-order valence-corrected chi connectivity index (χ2v) is 14.8. The zero-order chi connectivity index (χ0) is 40.9. The summed E-state index contributed by atoms with van der Waals surface area (Å²) in [5, 5.41) is 6.26. The number of fused-ring (bicyclic) bond motifs is 4. The number of esters is 1. The third-order valence-electron chi connectivity index (χ3n) is 10.0. The van der Waals surface area contributed by atoms with Crippen LogP contribution in [0.3, 0.4) is 0 Å². The first-order valence-corrected chi connectivity index (χ1v) is 18.8. The van der Waals surface area contributed by atoms with Crippen molar-refractivity contribution in [2.75, 3.05) is 42.1 Å². The van der Waals surface area contributed by atoms with Crippen molar-refractivity contribution in [1.82, 2.24) is 10.2 Å². The van der Waals surface area contributed by atoms with Crippen molar-refractivity contribution in [2.45, 2.75) is 64.3 Å². The topological polar surface area (TPSA) is 131 Å². The number of amides is 2. The summed E-state index contributed by atoms with van der Waals surface area (Å²) in [6, 6.07) is 23.1. The molecule has 2 atom stereocenters. The van der Waals surface area contributed by atoms with Gasteiger partial charge in [0.2, 0.25) is 5.91 Å². The molecule has 1 heterocycles. The predicted octanol–water partition coefficient (Wildman–Crippen LogP) is 7.93. The highest BCUT2D eigenvalue weighted by atomic mass is 16.6. The van der Waals surface area contributed by atoms with E-state index in [9.17, 15) is 9.59 Å². The Morgan fingerprint density at radius 2 is 1.39 bits per heavy atom. The van der Waals surface area contributed by atoms with Crippen molar-refractivity contribution in [1.29, 1.82) is 0 Å². The number of carbonyl (C=O) groups excluding carboxylic acids is 3. The maximum Gasteiger partial charge on any atom is 0.408 e. The molecule has 6 rings (SSSR count). The molecule has 1 aliphatic heterocycles. The van der Waals surface area contributed by atoms with Gasteiger partial charge in [-0.05, 0) is 120 Å². The van der Waals surface area contributed by atoms with Crippen molar-refractivity contribution in [3.63, 3.8) is 0 Å². The van der Waals surface area contributed by atoms with E-state index in [0.29, 0.717) is 35.2 Å². The average molecular weight is 779 g/mol. The van der Waals surface area contributed by atoms with E-state index in [-0.39, 0.29) is 26.0 Å². The summed E-state index contributed by atoms with van der Waals surface area (Å²) in [7, 11) is 7.94. The van der Waals surface area contributed by atoms with E-state index in [4.69, 9.17) is 33.2 Å². The lowest BCUT2D eigenvalue weighted by molar-refractivity contribution is -0.145. The number of methoxy groups -OCH3 is 5. The minimum Gasteiger partial charge on any atom is -0.497 e. The molecule has 300 valence electrons. The fourth-order valence-electron chi connectivity index (χ4n) is 7.33. The Bertz CT molecular complexity index is 2270. The summed E-state index contributed by atoms with van der Waals surface area (Å²) in [6.45, 7) is 5.60. The highest BCUT2D eigenvalue weighted by Gasteiger charge is 2.39. The minimum atomic E-state index is -1.14. The van der Waals surface area contributed by atoms with E-state index in [2.05, 4.69) is 11.4 Å². The molecule has 0 radical (unpaired) electrons. The third-order valence-corrected chi connectivity index (χ3v) is 10.0. The Kier molecular flexibility index (Phi) is 12.3. The normalized spacial score (nSPS) is 14.3. The van der Waals surface area contributed by atoms with E-state index in [1.807, 2.05) is 72.8 Å². The first kappa shape index (κ1) is 40.5. The lowest BCUT2D eigenvalue weighted by atomic mass is 9.83. The molecule has 1 aliphatic rings. The smallest absolute Gasteiger partial charge is 0.408 e. The fourth-order valence-corrected chi connectivity index (χ4v) is 7.33. The van der Waals surface area contributed by atoms with E-state index in [1.54, 1.807) is 61.2 Å². The van der Waals surface area contributed by atoms with Gasteiger partial charge in [-0.25, -0.2) is 4.79 Å². The van der Waals surface area contributed by atoms with Crippen LogP contribution in [-0.2, 0) is 32.1 Å². The summed E-state index contributed by atoms with van der Waals surface area (Å²) in [4.78, 5) is 43.3. The molecule has 57 heavy (non-hydrogen) atoms. The van der Waals surface area contributed by atoms with Crippen LogP contribution in [0.15, 0.2) is 78.9 Å². The quantitative estimate of drug-likeness (QED) is 0.0929. The van der Waals surface area contributed by atoms with Crippen molar-refractivity contribution < 1.29 is 47.5 Å². The molecule has 0 spiro atoms. The summed E-state index contributed by atoms with van der Waals surface area (Å²) in [5.41, 5.74) is 2.58. The molecule has 12 heteroatoms. The first-order valence-electron chi connectivity index (χ1n) is 18.8. The highest BCUT2D eigenvalue weighted by Crippen LogP contribution is 2.47. The number of ether oxygens (including phenoxy) is 7. The maximum atomic E-state index is 15.2. The van der Waals surface area contributed by atoms with E-state index < -0.39 is 35.7 Å². The van der Waals surface area contributed by atoms with Crippen LogP contribution in [0.2, 0.25) is 0 Å². The zero-order valence-electron chi connectivity index (χ0n) is 33.7. The standard InChI is InChI=1S/C45H50N2O10/c1-45(2,3)57-44(50)46-36(16-17-41(48)56-26-27-12-10-9-11-13-27)43(49)47-19-18-29-21-37(52-5)38(53-6)23-32(29)42(47)35-20-28-14-15-30(51-4)22-31(28)33-24-39(54-7)40(55-8)25-34(33)35/h9-15,20-25,36,42H,16-19,26H2,1-8H3,(H,46,50)/t36-,42?/m1/s1. The van der Waals surface area contributed by atoms with Gasteiger partial charge in [0.15, 0.2) is 23.0 Å². The van der Waals surface area contributed by atoms with Crippen LogP contribution in [0.5, 0.6) is 28.7 Å². The van der Waals surface area contributed by atoms with E-state index >= 15 is 4.79 Å². The number of nitrogens with one attached hydrogen (secondary N) is 1. The molecule has 0 saturated carbocycles. The van der Waals surface area contributed by atoms with Crippen LogP contribution >= 0.6 is 0 Å². The lowest BCUT2D eigenvalue weighted by Crippen LogP contribution is -2.52. The zero-order valence-corrected chi connectivity index (χ0v) is 33.7. The molecule has 0 aromatic heterocycles. The maximum absolute atomic E-state index is 15.2. The van der Waals surface area contributed by atoms with Crippen molar-refractivity contribution in [3.05, 3.63) is 101 Å². The predicted molar refractivity (Wildman–Crippen MR) is 217 cm³/mol. The Morgan fingerprint density at radius 1 is 0.737 bits per heavy atom. The average Bonchev–Trinajstić information content (AvgIpc) is 3.21. The summed E-state index contributed by atoms with van der Waals surface area (Å²) in [6.07, 6.45) is -0.454. The number of carbonyl (C=O) groups is 3. The number of alkyl carbamates (subject to hydrolysis) is 1. The van der Waals surface area contributed by atoms with Crippen LogP contribution < -0.4 is 29.0 Å². The molecule has 0 saturated heterocycles. The van der Waals surface area contributed by atoms with Crippen LogP contribution in [0, 0.1) is 0 Å². The second-order valence-electron chi connectivity index (χ2n) is 14.8. The van der Waals surface area contributed by atoms with Gasteiger partial charge in [-0.15, -0.1) is 0 Å². The molecular formula is C45H50N2O10. The van der Waals surface area contributed by atoms with Crippen LogP contribution in [0.1, 0.15) is 61.9 Å². The van der Waals surface area contributed by atoms with Gasteiger partial charge >= 0.3 is 12.1 Å². The van der Waals surface area contributed by atoms with E-state index in [1.165, 1.54) is 0 Å². The Labute approximate surface area is 332 Å². The van der Waals surface area contributed by atoms with Crippen molar-refractivity contribution >= 4 is 39.5 Å². The molecular weight excluding hydrogens is 728 g/mol. The fraction of sp³-hybridized carbons (Fsp3) is 0.356. The molecule has 1 N–H and O–H groups in total. The molecule has 0 fully saturated rings. The van der Waals surface area contributed by atoms with Gasteiger partial charge in [0.05, 0.1) is 41.6 Å². The molecule has 5 aromatic rings. The molecule has 2 amide bonds. The summed E-state index contributed by atoms with van der Waals surface area (Å²) in [5.74, 6) is 1.89.